The molecule has 0 radical (unpaired) electrons. The summed E-state index contributed by atoms with van der Waals surface area (Å²) < 4.78 is 5.56. The molecule has 0 unspecified atom stereocenters. The van der Waals surface area contributed by atoms with Crippen LogP contribution in [0.2, 0.25) is 0 Å². The first-order chi connectivity index (χ1) is 9.24. The van der Waals surface area contributed by atoms with E-state index in [1.54, 1.807) is 4.90 Å². The van der Waals surface area contributed by atoms with E-state index in [0.29, 0.717) is 25.7 Å². The van der Waals surface area contributed by atoms with Crippen LogP contribution >= 0.6 is 0 Å². The van der Waals surface area contributed by atoms with Crippen LogP contribution in [0.5, 0.6) is 0 Å². The van der Waals surface area contributed by atoms with Gasteiger partial charge in [0.25, 0.3) is 6.02 Å². The maximum Gasteiger partial charge on any atom is 0.323 e. The van der Waals surface area contributed by atoms with Crippen molar-refractivity contribution in [3.05, 3.63) is 0 Å². The fraction of sp³-hybridized carbons (Fsp3) is 0.857. The van der Waals surface area contributed by atoms with Gasteiger partial charge in [0.2, 0.25) is 0 Å². The van der Waals surface area contributed by atoms with Crippen molar-refractivity contribution in [3.8, 4) is 0 Å². The molecule has 19 heavy (non-hydrogen) atoms. The Balaban J connectivity index is 2.01. The summed E-state index contributed by atoms with van der Waals surface area (Å²) in [6, 6.07) is 0.508. The number of carbonyl (C=O) groups is 1. The van der Waals surface area contributed by atoms with Gasteiger partial charge in [-0.15, -0.1) is 0 Å². The lowest BCUT2D eigenvalue weighted by molar-refractivity contribution is -0.137. The second-order valence-corrected chi connectivity index (χ2v) is 4.95. The van der Waals surface area contributed by atoms with E-state index < -0.39 is 5.97 Å². The maximum absolute atomic E-state index is 10.7. The van der Waals surface area contributed by atoms with Crippen LogP contribution in [0.25, 0.3) is 0 Å². The molecule has 0 fully saturated rings. The van der Waals surface area contributed by atoms with Gasteiger partial charge in [0, 0.05) is 6.54 Å². The van der Waals surface area contributed by atoms with E-state index in [1.807, 2.05) is 0 Å². The van der Waals surface area contributed by atoms with Gasteiger partial charge in [-0.25, -0.2) is 4.99 Å². The number of carboxylic acid groups (broad SMARTS) is 1. The molecule has 0 bridgehead atoms. The molecule has 0 aromatic heterocycles. The van der Waals surface area contributed by atoms with E-state index in [-0.39, 0.29) is 6.54 Å². The van der Waals surface area contributed by atoms with Crippen LogP contribution in [0, 0.1) is 0 Å². The second-order valence-electron chi connectivity index (χ2n) is 4.95. The van der Waals surface area contributed by atoms with Gasteiger partial charge in [-0.2, -0.15) is 0 Å². The van der Waals surface area contributed by atoms with E-state index >= 15 is 0 Å². The fourth-order valence-corrected chi connectivity index (χ4v) is 2.13. The molecule has 1 N–H and O–H groups in total. The molecule has 5 heteroatoms. The zero-order chi connectivity index (χ0) is 13.9. The van der Waals surface area contributed by atoms with E-state index in [9.17, 15) is 4.79 Å². The highest BCUT2D eigenvalue weighted by atomic mass is 16.5. The summed E-state index contributed by atoms with van der Waals surface area (Å²) in [4.78, 5) is 16.5. The van der Waals surface area contributed by atoms with Gasteiger partial charge in [0.05, 0.1) is 13.2 Å². The normalized spacial score (nSPS) is 14.6. The number of aliphatic carboxylic acids is 1. The Hall–Kier alpha value is -1.26. The van der Waals surface area contributed by atoms with Crippen molar-refractivity contribution in [2.75, 3.05) is 26.2 Å². The Labute approximate surface area is 115 Å². The summed E-state index contributed by atoms with van der Waals surface area (Å²) in [6.45, 7) is 4.13. The number of rotatable bonds is 10. The van der Waals surface area contributed by atoms with Crippen LogP contribution in [0.15, 0.2) is 4.99 Å². The number of carboxylic acids is 1. The third-order valence-corrected chi connectivity index (χ3v) is 3.19. The van der Waals surface area contributed by atoms with Gasteiger partial charge in [0.15, 0.2) is 0 Å². The van der Waals surface area contributed by atoms with Gasteiger partial charge in [-0.3, -0.25) is 4.79 Å². The van der Waals surface area contributed by atoms with Crippen molar-refractivity contribution in [1.82, 2.24) is 4.90 Å². The highest BCUT2D eigenvalue weighted by molar-refractivity contribution is 5.81. The molecule has 0 saturated carbocycles. The monoisotopic (exact) mass is 270 g/mol. The molecule has 1 heterocycles. The van der Waals surface area contributed by atoms with Gasteiger partial charge >= 0.3 is 5.97 Å². The van der Waals surface area contributed by atoms with Crippen LogP contribution in [0.3, 0.4) is 0 Å². The molecule has 5 nitrogen and oxygen atoms in total. The van der Waals surface area contributed by atoms with E-state index in [1.165, 1.54) is 38.5 Å². The van der Waals surface area contributed by atoms with Crippen LogP contribution < -0.4 is 0 Å². The predicted octanol–water partition coefficient (Wildman–Crippen LogP) is 2.51. The molecular weight excluding hydrogens is 244 g/mol. The van der Waals surface area contributed by atoms with Crippen LogP contribution in [-0.2, 0) is 9.53 Å². The van der Waals surface area contributed by atoms with Crippen LogP contribution in [0.1, 0.15) is 51.9 Å². The minimum absolute atomic E-state index is 0.0180. The molecule has 0 aromatic rings. The molecule has 1 aliphatic rings. The van der Waals surface area contributed by atoms with Gasteiger partial charge in [-0.05, 0) is 6.42 Å². The minimum atomic E-state index is -0.839. The number of hydrogen-bond acceptors (Lipinski definition) is 4. The zero-order valence-corrected chi connectivity index (χ0v) is 11.9. The largest absolute Gasteiger partial charge is 0.480 e. The Bertz CT molecular complexity index is 292. The molecule has 110 valence electrons. The molecule has 0 aliphatic carbocycles. The molecule has 0 atom stereocenters. The topological polar surface area (TPSA) is 62.1 Å². The third-order valence-electron chi connectivity index (χ3n) is 3.19. The second kappa shape index (κ2) is 9.64. The van der Waals surface area contributed by atoms with Crippen molar-refractivity contribution in [2.45, 2.75) is 51.9 Å². The van der Waals surface area contributed by atoms with Gasteiger partial charge in [0.1, 0.15) is 6.54 Å². The van der Waals surface area contributed by atoms with Crippen molar-refractivity contribution in [3.63, 3.8) is 0 Å². The molecule has 0 aromatic carbocycles. The lowest BCUT2D eigenvalue weighted by atomic mass is 10.1. The number of unbranched alkanes of at least 4 members (excludes halogenated alkanes) is 6. The van der Waals surface area contributed by atoms with Crippen molar-refractivity contribution in [2.24, 2.45) is 4.99 Å². The number of ether oxygens (including phenoxy) is 1. The lowest BCUT2D eigenvalue weighted by Crippen LogP contribution is -2.34. The van der Waals surface area contributed by atoms with Crippen molar-refractivity contribution < 1.29 is 14.6 Å². The van der Waals surface area contributed by atoms with E-state index in [2.05, 4.69) is 11.9 Å². The number of hydrogen-bond donors (Lipinski definition) is 1. The fourth-order valence-electron chi connectivity index (χ4n) is 2.13. The number of nitrogens with zero attached hydrogens (tertiary/aromatic N) is 2. The summed E-state index contributed by atoms with van der Waals surface area (Å²) in [6.07, 6.45) is 8.70. The molecule has 0 saturated heterocycles. The van der Waals surface area contributed by atoms with Gasteiger partial charge < -0.3 is 14.7 Å². The molecule has 1 rings (SSSR count). The Morgan fingerprint density at radius 2 is 1.95 bits per heavy atom. The first kappa shape index (κ1) is 15.8. The average Bonchev–Trinajstić information content (AvgIpc) is 2.79. The highest BCUT2D eigenvalue weighted by Gasteiger charge is 2.20. The van der Waals surface area contributed by atoms with Crippen molar-refractivity contribution >= 4 is 12.0 Å². The maximum atomic E-state index is 10.7. The van der Waals surface area contributed by atoms with E-state index in [0.717, 1.165) is 6.42 Å². The Morgan fingerprint density at radius 3 is 2.63 bits per heavy atom. The lowest BCUT2D eigenvalue weighted by Gasteiger charge is -2.17. The Kier molecular flexibility index (Phi) is 8.02. The minimum Gasteiger partial charge on any atom is -0.480 e. The number of amidine groups is 1. The average molecular weight is 270 g/mol. The molecule has 0 spiro atoms. The van der Waals surface area contributed by atoms with E-state index in [4.69, 9.17) is 9.84 Å². The van der Waals surface area contributed by atoms with Crippen LogP contribution in [0.4, 0.5) is 0 Å². The highest BCUT2D eigenvalue weighted by Crippen LogP contribution is 2.08. The van der Waals surface area contributed by atoms with Crippen LogP contribution in [-0.4, -0.2) is 48.2 Å². The summed E-state index contributed by atoms with van der Waals surface area (Å²) in [5.74, 6) is -0.839. The zero-order valence-electron chi connectivity index (χ0n) is 11.9. The predicted molar refractivity (Wildman–Crippen MR) is 75.5 cm³/mol. The molecular formula is C14H26N2O3. The quantitative estimate of drug-likeness (QED) is 0.620. The first-order valence-electron chi connectivity index (χ1n) is 7.38. The summed E-state index contributed by atoms with van der Waals surface area (Å²) in [5.41, 5.74) is 0. The summed E-state index contributed by atoms with van der Waals surface area (Å²) >= 11 is 0. The molecule has 0 amide bonds. The van der Waals surface area contributed by atoms with Crippen molar-refractivity contribution in [1.29, 1.82) is 0 Å². The summed E-state index contributed by atoms with van der Waals surface area (Å²) in [5, 5.41) is 8.75. The number of aliphatic imine (C=N–C) groups is 1. The smallest absolute Gasteiger partial charge is 0.323 e. The molecule has 1 aliphatic heterocycles. The van der Waals surface area contributed by atoms with Gasteiger partial charge in [-0.1, -0.05) is 45.4 Å². The Morgan fingerprint density at radius 1 is 1.26 bits per heavy atom. The standard InChI is InChI=1S/C14H26N2O3/c1-2-3-4-5-6-7-8-11-19-14-15-9-10-16(14)12-13(17)18/h2-12H2,1H3,(H,17,18). The third kappa shape index (κ3) is 7.03. The summed E-state index contributed by atoms with van der Waals surface area (Å²) in [7, 11) is 0. The first-order valence-corrected chi connectivity index (χ1v) is 7.38. The SMILES string of the molecule is CCCCCCCCCOC1=NCCN1CC(=O)O.